The highest BCUT2D eigenvalue weighted by Crippen LogP contribution is 2.23. The lowest BCUT2D eigenvalue weighted by Gasteiger charge is -2.12. The number of halogens is 2. The molecule has 2 aromatic carbocycles. The highest BCUT2D eigenvalue weighted by atomic mass is 35.5. The molecule has 0 aromatic heterocycles. The van der Waals surface area contributed by atoms with Gasteiger partial charge in [0, 0.05) is 24.4 Å². The molecule has 1 unspecified atom stereocenters. The molecule has 2 N–H and O–H groups in total. The van der Waals surface area contributed by atoms with Crippen LogP contribution in [0.25, 0.3) is 6.08 Å². The van der Waals surface area contributed by atoms with E-state index in [1.165, 1.54) is 26.0 Å². The predicted octanol–water partition coefficient (Wildman–Crippen LogP) is 4.54. The lowest BCUT2D eigenvalue weighted by Crippen LogP contribution is -2.29. The zero-order valence-electron chi connectivity index (χ0n) is 15.2. The van der Waals surface area contributed by atoms with Crippen molar-refractivity contribution in [1.29, 1.82) is 0 Å². The molecule has 0 aliphatic carbocycles. The molecule has 0 spiro atoms. The normalized spacial score (nSPS) is 11.7. The molecule has 2 amide bonds. The Balaban J connectivity index is 1.88. The van der Waals surface area contributed by atoms with Crippen LogP contribution >= 0.6 is 23.2 Å². The summed E-state index contributed by atoms with van der Waals surface area (Å²) in [4.78, 5) is 35.0. The van der Waals surface area contributed by atoms with Crippen molar-refractivity contribution in [3.8, 4) is 0 Å². The molecule has 0 heterocycles. The smallest absolute Gasteiger partial charge is 0.331 e. The van der Waals surface area contributed by atoms with Crippen LogP contribution in [0.5, 0.6) is 0 Å². The molecule has 0 aliphatic heterocycles. The van der Waals surface area contributed by atoms with Crippen LogP contribution in [0.3, 0.4) is 0 Å². The molecule has 6 nitrogen and oxygen atoms in total. The first kappa shape index (κ1) is 21.5. The molecular weight excluding hydrogens is 403 g/mol. The minimum Gasteiger partial charge on any atom is -0.449 e. The largest absolute Gasteiger partial charge is 0.449 e. The first-order chi connectivity index (χ1) is 13.2. The van der Waals surface area contributed by atoms with Gasteiger partial charge in [-0.05, 0) is 55.0 Å². The number of ether oxygens (including phenoxy) is 1. The maximum Gasteiger partial charge on any atom is 0.331 e. The molecule has 0 saturated carbocycles. The molecular formula is C20H18Cl2N2O4. The number of esters is 1. The number of nitrogens with one attached hydrogen (secondary N) is 2. The van der Waals surface area contributed by atoms with Crippen molar-refractivity contribution in [1.82, 2.24) is 0 Å². The van der Waals surface area contributed by atoms with Crippen molar-refractivity contribution < 1.29 is 19.1 Å². The van der Waals surface area contributed by atoms with Crippen LogP contribution in [0.4, 0.5) is 11.4 Å². The average molecular weight is 421 g/mol. The number of anilines is 2. The van der Waals surface area contributed by atoms with E-state index in [1.54, 1.807) is 42.5 Å². The fraction of sp³-hybridized carbons (Fsp3) is 0.150. The van der Waals surface area contributed by atoms with Crippen LogP contribution in [-0.4, -0.2) is 23.9 Å². The molecule has 2 aromatic rings. The van der Waals surface area contributed by atoms with Crippen molar-refractivity contribution in [3.05, 3.63) is 64.1 Å². The van der Waals surface area contributed by atoms with Crippen molar-refractivity contribution in [2.24, 2.45) is 0 Å². The van der Waals surface area contributed by atoms with Gasteiger partial charge in [0.1, 0.15) is 0 Å². The van der Waals surface area contributed by atoms with E-state index in [1.807, 2.05) is 0 Å². The molecule has 0 fully saturated rings. The van der Waals surface area contributed by atoms with Crippen molar-refractivity contribution in [2.75, 3.05) is 10.6 Å². The van der Waals surface area contributed by atoms with Crippen LogP contribution in [0.2, 0.25) is 10.0 Å². The van der Waals surface area contributed by atoms with E-state index in [2.05, 4.69) is 10.6 Å². The van der Waals surface area contributed by atoms with E-state index in [4.69, 9.17) is 27.9 Å². The van der Waals surface area contributed by atoms with Crippen molar-refractivity contribution in [2.45, 2.75) is 20.0 Å². The Morgan fingerprint density at radius 1 is 0.964 bits per heavy atom. The summed E-state index contributed by atoms with van der Waals surface area (Å²) in [6.45, 7) is 2.87. The minimum absolute atomic E-state index is 0.189. The first-order valence-electron chi connectivity index (χ1n) is 8.27. The molecule has 28 heavy (non-hydrogen) atoms. The fourth-order valence-corrected chi connectivity index (χ4v) is 2.44. The van der Waals surface area contributed by atoms with Crippen molar-refractivity contribution >= 4 is 58.4 Å². The Morgan fingerprint density at radius 2 is 1.57 bits per heavy atom. The summed E-state index contributed by atoms with van der Waals surface area (Å²) in [7, 11) is 0. The van der Waals surface area contributed by atoms with E-state index in [0.29, 0.717) is 27.0 Å². The third-order valence-corrected chi connectivity index (χ3v) is 4.23. The second kappa shape index (κ2) is 9.92. The summed E-state index contributed by atoms with van der Waals surface area (Å²) >= 11 is 11.7. The van der Waals surface area contributed by atoms with E-state index in [0.717, 1.165) is 0 Å². The van der Waals surface area contributed by atoms with Gasteiger partial charge in [0.05, 0.1) is 10.0 Å². The zero-order valence-corrected chi connectivity index (χ0v) is 16.7. The summed E-state index contributed by atoms with van der Waals surface area (Å²) in [5.41, 5.74) is 1.79. The van der Waals surface area contributed by atoms with Gasteiger partial charge in [0.2, 0.25) is 5.91 Å². The highest BCUT2D eigenvalue weighted by molar-refractivity contribution is 6.42. The van der Waals surface area contributed by atoms with Gasteiger partial charge >= 0.3 is 5.97 Å². The summed E-state index contributed by atoms with van der Waals surface area (Å²) in [5, 5.41) is 6.04. The Labute approximate surface area is 172 Å². The van der Waals surface area contributed by atoms with Gasteiger partial charge in [-0.3, -0.25) is 9.59 Å². The van der Waals surface area contributed by atoms with Crippen LogP contribution < -0.4 is 10.6 Å². The number of benzene rings is 2. The number of hydrogen-bond donors (Lipinski definition) is 2. The van der Waals surface area contributed by atoms with Gasteiger partial charge in [0.15, 0.2) is 6.10 Å². The lowest BCUT2D eigenvalue weighted by atomic mass is 10.2. The standard InChI is InChI=1S/C20H18Cl2N2O4/c1-12(20(27)24-16-7-5-15(6-8-16)23-13(2)25)28-19(26)10-4-14-3-9-17(21)18(22)11-14/h3-12H,1-2H3,(H,23,25)(H,24,27)/b10-4+. The van der Waals surface area contributed by atoms with Crippen molar-refractivity contribution in [3.63, 3.8) is 0 Å². The second-order valence-corrected chi connectivity index (χ2v) is 6.65. The van der Waals surface area contributed by atoms with Crippen LogP contribution in [0, 0.1) is 0 Å². The Bertz CT molecular complexity index is 911. The quantitative estimate of drug-likeness (QED) is 0.530. The maximum absolute atomic E-state index is 12.2. The number of carbonyl (C=O) groups excluding carboxylic acids is 3. The number of amides is 2. The molecule has 0 aliphatic rings. The first-order valence-corrected chi connectivity index (χ1v) is 9.02. The van der Waals surface area contributed by atoms with Gasteiger partial charge in [-0.1, -0.05) is 29.3 Å². The van der Waals surface area contributed by atoms with Gasteiger partial charge in [-0.25, -0.2) is 4.79 Å². The van der Waals surface area contributed by atoms with E-state index < -0.39 is 18.0 Å². The predicted molar refractivity (Wildman–Crippen MR) is 110 cm³/mol. The van der Waals surface area contributed by atoms with E-state index in [9.17, 15) is 14.4 Å². The van der Waals surface area contributed by atoms with Gasteiger partial charge < -0.3 is 15.4 Å². The van der Waals surface area contributed by atoms with Gasteiger partial charge in [-0.2, -0.15) is 0 Å². The van der Waals surface area contributed by atoms with Crippen LogP contribution in [0.15, 0.2) is 48.5 Å². The third-order valence-electron chi connectivity index (χ3n) is 3.49. The van der Waals surface area contributed by atoms with Gasteiger partial charge in [-0.15, -0.1) is 0 Å². The molecule has 8 heteroatoms. The van der Waals surface area contributed by atoms with Crippen LogP contribution in [0.1, 0.15) is 19.4 Å². The number of carbonyl (C=O) groups is 3. The molecule has 2 rings (SSSR count). The molecule has 0 saturated heterocycles. The number of hydrogen-bond acceptors (Lipinski definition) is 4. The number of rotatable bonds is 6. The highest BCUT2D eigenvalue weighted by Gasteiger charge is 2.16. The summed E-state index contributed by atoms with van der Waals surface area (Å²) in [6.07, 6.45) is 1.71. The summed E-state index contributed by atoms with van der Waals surface area (Å²) < 4.78 is 5.08. The topological polar surface area (TPSA) is 84.5 Å². The second-order valence-electron chi connectivity index (χ2n) is 5.83. The molecule has 1 atom stereocenters. The zero-order chi connectivity index (χ0) is 20.7. The monoisotopic (exact) mass is 420 g/mol. The Kier molecular flexibility index (Phi) is 7.61. The lowest BCUT2D eigenvalue weighted by molar-refractivity contribution is -0.148. The van der Waals surface area contributed by atoms with E-state index in [-0.39, 0.29) is 5.91 Å². The fourth-order valence-electron chi connectivity index (χ4n) is 2.13. The maximum atomic E-state index is 12.2. The van der Waals surface area contributed by atoms with Gasteiger partial charge in [0.25, 0.3) is 5.91 Å². The SMILES string of the molecule is CC(=O)Nc1ccc(NC(=O)C(C)OC(=O)/C=C/c2ccc(Cl)c(Cl)c2)cc1. The summed E-state index contributed by atoms with van der Waals surface area (Å²) in [5.74, 6) is -1.34. The van der Waals surface area contributed by atoms with Crippen LogP contribution in [-0.2, 0) is 19.1 Å². The Morgan fingerprint density at radius 3 is 2.14 bits per heavy atom. The minimum atomic E-state index is -0.999. The Hall–Kier alpha value is -2.83. The third kappa shape index (κ3) is 6.72. The molecule has 0 bridgehead atoms. The molecule has 146 valence electrons. The molecule has 0 radical (unpaired) electrons. The van der Waals surface area contributed by atoms with E-state index >= 15 is 0 Å². The average Bonchev–Trinajstić information content (AvgIpc) is 2.63. The summed E-state index contributed by atoms with van der Waals surface area (Å²) in [6, 6.07) is 11.5.